The first-order valence-electron chi connectivity index (χ1n) is 7.88. The molecule has 0 atom stereocenters. The first kappa shape index (κ1) is 18.2. The molecule has 130 valence electrons. The number of rotatable bonds is 5. The summed E-state index contributed by atoms with van der Waals surface area (Å²) in [6, 6.07) is 12.3. The van der Waals surface area contributed by atoms with E-state index in [0.29, 0.717) is 11.3 Å². The quantitative estimate of drug-likeness (QED) is 0.782. The summed E-state index contributed by atoms with van der Waals surface area (Å²) in [6.45, 7) is 5.07. The van der Waals surface area contributed by atoms with Crippen molar-refractivity contribution < 1.29 is 14.4 Å². The third kappa shape index (κ3) is 5.17. The largest absolute Gasteiger partial charge is 0.343 e. The van der Waals surface area contributed by atoms with E-state index in [1.807, 2.05) is 32.0 Å². The Labute approximate surface area is 146 Å². The van der Waals surface area contributed by atoms with E-state index in [2.05, 4.69) is 16.0 Å². The molecule has 2 aromatic carbocycles. The highest BCUT2D eigenvalue weighted by Crippen LogP contribution is 2.19. The van der Waals surface area contributed by atoms with Crippen molar-refractivity contribution in [3.63, 3.8) is 0 Å². The Morgan fingerprint density at radius 2 is 1.56 bits per heavy atom. The topological polar surface area (TPSA) is 87.3 Å². The van der Waals surface area contributed by atoms with Gasteiger partial charge in [0.25, 0.3) is 5.91 Å². The lowest BCUT2D eigenvalue weighted by molar-refractivity contribution is -0.115. The van der Waals surface area contributed by atoms with Crippen LogP contribution >= 0.6 is 0 Å². The van der Waals surface area contributed by atoms with Gasteiger partial charge >= 0.3 is 0 Å². The van der Waals surface area contributed by atoms with Gasteiger partial charge < -0.3 is 16.0 Å². The van der Waals surface area contributed by atoms with Crippen molar-refractivity contribution in [2.24, 2.45) is 0 Å². The van der Waals surface area contributed by atoms with Crippen LogP contribution in [-0.4, -0.2) is 24.3 Å². The van der Waals surface area contributed by atoms with Gasteiger partial charge in [0, 0.05) is 23.9 Å². The Bertz CT molecular complexity index is 795. The lowest BCUT2D eigenvalue weighted by atomic mass is 10.1. The second-order valence-corrected chi connectivity index (χ2v) is 5.76. The summed E-state index contributed by atoms with van der Waals surface area (Å²) in [5, 5.41) is 8.00. The van der Waals surface area contributed by atoms with Crippen LogP contribution in [0.15, 0.2) is 42.5 Å². The van der Waals surface area contributed by atoms with Crippen molar-refractivity contribution in [1.29, 1.82) is 0 Å². The van der Waals surface area contributed by atoms with Crippen molar-refractivity contribution in [2.45, 2.75) is 20.8 Å². The molecule has 3 N–H and O–H groups in total. The minimum atomic E-state index is -0.385. The molecule has 0 unspecified atom stereocenters. The number of hydrogen-bond acceptors (Lipinski definition) is 3. The highest BCUT2D eigenvalue weighted by atomic mass is 16.2. The standard InChI is InChI=1S/C19H21N3O3/c1-12-6-4-7-13(2)18(12)22-17(24)11-20-19(25)15-8-5-9-16(10-15)21-14(3)23/h4-10H,11H2,1-3H3,(H,20,25)(H,21,23)(H,22,24). The van der Waals surface area contributed by atoms with Crippen molar-refractivity contribution in [1.82, 2.24) is 5.32 Å². The Hall–Kier alpha value is -3.15. The average molecular weight is 339 g/mol. The van der Waals surface area contributed by atoms with Gasteiger partial charge in [-0.15, -0.1) is 0 Å². The van der Waals surface area contributed by atoms with Crippen LogP contribution in [0.25, 0.3) is 0 Å². The predicted octanol–water partition coefficient (Wildman–Crippen LogP) is 2.63. The average Bonchev–Trinajstić information content (AvgIpc) is 2.56. The van der Waals surface area contributed by atoms with Gasteiger partial charge in [-0.25, -0.2) is 0 Å². The minimum absolute atomic E-state index is 0.142. The molecule has 0 saturated heterocycles. The van der Waals surface area contributed by atoms with Crippen LogP contribution in [0.5, 0.6) is 0 Å². The van der Waals surface area contributed by atoms with E-state index in [4.69, 9.17) is 0 Å². The zero-order chi connectivity index (χ0) is 18.4. The fourth-order valence-electron chi connectivity index (χ4n) is 2.40. The first-order chi connectivity index (χ1) is 11.9. The van der Waals surface area contributed by atoms with Gasteiger partial charge in [-0.3, -0.25) is 14.4 Å². The summed E-state index contributed by atoms with van der Waals surface area (Å²) >= 11 is 0. The molecule has 0 fully saturated rings. The van der Waals surface area contributed by atoms with Crippen LogP contribution in [0.3, 0.4) is 0 Å². The van der Waals surface area contributed by atoms with Crippen LogP contribution in [0.1, 0.15) is 28.4 Å². The molecule has 0 heterocycles. The highest BCUT2D eigenvalue weighted by Gasteiger charge is 2.11. The number of benzene rings is 2. The molecule has 2 rings (SSSR count). The summed E-state index contributed by atoms with van der Waals surface area (Å²) < 4.78 is 0. The molecule has 0 spiro atoms. The summed E-state index contributed by atoms with van der Waals surface area (Å²) in [7, 11) is 0. The van der Waals surface area contributed by atoms with Gasteiger partial charge in [0.1, 0.15) is 0 Å². The van der Waals surface area contributed by atoms with Gasteiger partial charge in [-0.1, -0.05) is 24.3 Å². The van der Waals surface area contributed by atoms with Crippen LogP contribution < -0.4 is 16.0 Å². The monoisotopic (exact) mass is 339 g/mol. The van der Waals surface area contributed by atoms with Crippen LogP contribution in [0.4, 0.5) is 11.4 Å². The maximum atomic E-state index is 12.2. The lowest BCUT2D eigenvalue weighted by Crippen LogP contribution is -2.33. The molecular formula is C19H21N3O3. The van der Waals surface area contributed by atoms with Crippen LogP contribution in [0.2, 0.25) is 0 Å². The normalized spacial score (nSPS) is 10.0. The van der Waals surface area contributed by atoms with E-state index in [0.717, 1.165) is 16.8 Å². The van der Waals surface area contributed by atoms with Crippen molar-refractivity contribution >= 4 is 29.1 Å². The maximum Gasteiger partial charge on any atom is 0.251 e. The van der Waals surface area contributed by atoms with Crippen LogP contribution in [-0.2, 0) is 9.59 Å². The second kappa shape index (κ2) is 8.10. The van der Waals surface area contributed by atoms with Gasteiger partial charge in [0.05, 0.1) is 6.54 Å². The smallest absolute Gasteiger partial charge is 0.251 e. The second-order valence-electron chi connectivity index (χ2n) is 5.76. The SMILES string of the molecule is CC(=O)Nc1cccc(C(=O)NCC(=O)Nc2c(C)cccc2C)c1. The number of carbonyl (C=O) groups is 3. The Kier molecular flexibility index (Phi) is 5.89. The van der Waals surface area contributed by atoms with E-state index in [-0.39, 0.29) is 24.3 Å². The summed E-state index contributed by atoms with van der Waals surface area (Å²) in [5.74, 6) is -0.904. The Morgan fingerprint density at radius 1 is 0.920 bits per heavy atom. The number of nitrogens with one attached hydrogen (secondary N) is 3. The Balaban J connectivity index is 1.95. The zero-order valence-electron chi connectivity index (χ0n) is 14.5. The van der Waals surface area contributed by atoms with E-state index in [9.17, 15) is 14.4 Å². The molecule has 0 saturated carbocycles. The van der Waals surface area contributed by atoms with Crippen LogP contribution in [0, 0.1) is 13.8 Å². The first-order valence-corrected chi connectivity index (χ1v) is 7.88. The maximum absolute atomic E-state index is 12.2. The van der Waals surface area contributed by atoms with E-state index >= 15 is 0 Å². The van der Waals surface area contributed by atoms with Gasteiger partial charge in [-0.05, 0) is 43.2 Å². The summed E-state index contributed by atoms with van der Waals surface area (Å²) in [4.78, 5) is 35.3. The van der Waals surface area contributed by atoms with Gasteiger partial charge in [-0.2, -0.15) is 0 Å². The number of para-hydroxylation sites is 1. The molecule has 0 aliphatic heterocycles. The molecule has 0 aliphatic carbocycles. The fourth-order valence-corrected chi connectivity index (χ4v) is 2.40. The molecule has 3 amide bonds. The fraction of sp³-hybridized carbons (Fsp3) is 0.211. The molecular weight excluding hydrogens is 318 g/mol. The predicted molar refractivity (Wildman–Crippen MR) is 97.6 cm³/mol. The number of anilines is 2. The number of aryl methyl sites for hydroxylation is 2. The van der Waals surface area contributed by atoms with E-state index < -0.39 is 0 Å². The summed E-state index contributed by atoms with van der Waals surface area (Å²) in [6.07, 6.45) is 0. The molecule has 0 bridgehead atoms. The van der Waals surface area contributed by atoms with Gasteiger partial charge in [0.15, 0.2) is 0 Å². The van der Waals surface area contributed by atoms with Gasteiger partial charge in [0.2, 0.25) is 11.8 Å². The molecule has 0 aliphatic rings. The molecule has 2 aromatic rings. The molecule has 0 radical (unpaired) electrons. The number of carbonyl (C=O) groups excluding carboxylic acids is 3. The third-order valence-corrected chi connectivity index (χ3v) is 3.60. The van der Waals surface area contributed by atoms with Crippen molar-refractivity contribution in [3.05, 3.63) is 59.2 Å². The summed E-state index contributed by atoms with van der Waals surface area (Å²) in [5.41, 5.74) is 3.58. The molecule has 25 heavy (non-hydrogen) atoms. The molecule has 6 nitrogen and oxygen atoms in total. The number of amides is 3. The molecule has 0 aromatic heterocycles. The molecule has 6 heteroatoms. The zero-order valence-corrected chi connectivity index (χ0v) is 14.5. The van der Waals surface area contributed by atoms with Crippen molar-refractivity contribution in [2.75, 3.05) is 17.2 Å². The Morgan fingerprint density at radius 3 is 2.20 bits per heavy atom. The minimum Gasteiger partial charge on any atom is -0.343 e. The lowest BCUT2D eigenvalue weighted by Gasteiger charge is -2.12. The third-order valence-electron chi connectivity index (χ3n) is 3.60. The van der Waals surface area contributed by atoms with E-state index in [1.165, 1.54) is 6.92 Å². The van der Waals surface area contributed by atoms with E-state index in [1.54, 1.807) is 24.3 Å². The van der Waals surface area contributed by atoms with Crippen molar-refractivity contribution in [3.8, 4) is 0 Å². The number of hydrogen-bond donors (Lipinski definition) is 3. The highest BCUT2D eigenvalue weighted by molar-refractivity contribution is 6.00.